The van der Waals surface area contributed by atoms with Crippen LogP contribution >= 0.6 is 11.3 Å². The fourth-order valence-electron chi connectivity index (χ4n) is 2.94. The quantitative estimate of drug-likeness (QED) is 0.421. The van der Waals surface area contributed by atoms with Crippen molar-refractivity contribution in [1.29, 1.82) is 0 Å². The van der Waals surface area contributed by atoms with Gasteiger partial charge in [0.15, 0.2) is 5.78 Å². The zero-order valence-corrected chi connectivity index (χ0v) is 16.3. The van der Waals surface area contributed by atoms with Crippen molar-refractivity contribution in [3.05, 3.63) is 76.5 Å². The molecule has 2 aromatic carbocycles. The van der Waals surface area contributed by atoms with E-state index in [4.69, 9.17) is 0 Å². The van der Waals surface area contributed by atoms with Gasteiger partial charge in [-0.05, 0) is 61.2 Å². The van der Waals surface area contributed by atoms with Crippen LogP contribution in [0.5, 0.6) is 0 Å². The van der Waals surface area contributed by atoms with E-state index in [9.17, 15) is 4.79 Å². The van der Waals surface area contributed by atoms with Gasteiger partial charge in [0, 0.05) is 28.1 Å². The number of Topliss-reactive ketones (excluding diaryl/α,β-unsaturated/α-hetero) is 1. The van der Waals surface area contributed by atoms with Gasteiger partial charge in [0.1, 0.15) is 5.82 Å². The van der Waals surface area contributed by atoms with Crippen molar-refractivity contribution >= 4 is 45.5 Å². The van der Waals surface area contributed by atoms with E-state index in [0.717, 1.165) is 35.4 Å². The molecule has 0 aliphatic carbocycles. The van der Waals surface area contributed by atoms with Gasteiger partial charge >= 0.3 is 0 Å². The maximum atomic E-state index is 11.4. The molecule has 2 heterocycles. The lowest BCUT2D eigenvalue weighted by Crippen LogP contribution is -2.08. The van der Waals surface area contributed by atoms with Crippen LogP contribution in [0, 0.1) is 0 Å². The summed E-state index contributed by atoms with van der Waals surface area (Å²) in [5.41, 5.74) is 2.39. The predicted molar refractivity (Wildman–Crippen MR) is 116 cm³/mol. The number of para-hydroxylation sites is 1. The first kappa shape index (κ1) is 18.1. The number of thiophene rings is 1. The van der Waals surface area contributed by atoms with Crippen molar-refractivity contribution < 1.29 is 4.79 Å². The predicted octanol–water partition coefficient (Wildman–Crippen LogP) is 5.29. The van der Waals surface area contributed by atoms with Gasteiger partial charge in [0.05, 0.1) is 5.52 Å². The molecule has 5 nitrogen and oxygen atoms in total. The topological polar surface area (TPSA) is 66.9 Å². The minimum Gasteiger partial charge on any atom is -0.369 e. The third kappa shape index (κ3) is 4.18. The first-order valence-electron chi connectivity index (χ1n) is 9.10. The summed E-state index contributed by atoms with van der Waals surface area (Å²) in [6, 6.07) is 19.5. The standard InChI is InChI=1S/C22H20N4OS/c1-15(27)16-8-10-17(11-9-16)24-22-25-20-7-3-2-6-19(20)21(26-22)23-13-12-18-5-4-14-28-18/h2-11,14H,12-13H2,1H3,(H2,23,24,25,26). The van der Waals surface area contributed by atoms with Gasteiger partial charge in [-0.1, -0.05) is 18.2 Å². The Bertz CT molecular complexity index is 1090. The number of hydrogen-bond donors (Lipinski definition) is 2. The normalized spacial score (nSPS) is 10.8. The van der Waals surface area contributed by atoms with Crippen molar-refractivity contribution in [3.63, 3.8) is 0 Å². The summed E-state index contributed by atoms with van der Waals surface area (Å²) in [6.45, 7) is 2.36. The molecule has 0 fully saturated rings. The lowest BCUT2D eigenvalue weighted by atomic mass is 10.1. The minimum absolute atomic E-state index is 0.0470. The molecule has 0 saturated heterocycles. The Labute approximate surface area is 167 Å². The second kappa shape index (κ2) is 8.19. The summed E-state index contributed by atoms with van der Waals surface area (Å²) >= 11 is 1.76. The molecule has 6 heteroatoms. The van der Waals surface area contributed by atoms with E-state index in [1.165, 1.54) is 4.88 Å². The van der Waals surface area contributed by atoms with E-state index in [1.807, 2.05) is 36.4 Å². The number of carbonyl (C=O) groups is 1. The van der Waals surface area contributed by atoms with Crippen molar-refractivity contribution in [2.75, 3.05) is 17.2 Å². The van der Waals surface area contributed by atoms with Crippen LogP contribution in [0.3, 0.4) is 0 Å². The number of benzene rings is 2. The number of aromatic nitrogens is 2. The summed E-state index contributed by atoms with van der Waals surface area (Å²) < 4.78 is 0. The highest BCUT2D eigenvalue weighted by atomic mass is 32.1. The Balaban J connectivity index is 1.57. The average molecular weight is 388 g/mol. The van der Waals surface area contributed by atoms with Gasteiger partial charge in [0.25, 0.3) is 0 Å². The van der Waals surface area contributed by atoms with E-state index < -0.39 is 0 Å². The molecule has 2 aromatic heterocycles. The van der Waals surface area contributed by atoms with E-state index in [0.29, 0.717) is 11.5 Å². The molecule has 0 saturated carbocycles. The number of rotatable bonds is 7. The Kier molecular flexibility index (Phi) is 5.30. The number of fused-ring (bicyclic) bond motifs is 1. The van der Waals surface area contributed by atoms with Gasteiger partial charge in [-0.3, -0.25) is 4.79 Å². The molecule has 0 radical (unpaired) electrons. The molecule has 0 spiro atoms. The van der Waals surface area contributed by atoms with Gasteiger partial charge in [-0.15, -0.1) is 11.3 Å². The third-order valence-electron chi connectivity index (χ3n) is 4.39. The van der Waals surface area contributed by atoms with Crippen molar-refractivity contribution in [3.8, 4) is 0 Å². The largest absolute Gasteiger partial charge is 0.369 e. The highest BCUT2D eigenvalue weighted by Gasteiger charge is 2.08. The number of ketones is 1. The molecule has 140 valence electrons. The van der Waals surface area contributed by atoms with Gasteiger partial charge in [-0.25, -0.2) is 4.98 Å². The summed E-state index contributed by atoms with van der Waals surface area (Å²) in [7, 11) is 0. The summed E-state index contributed by atoms with van der Waals surface area (Å²) in [4.78, 5) is 22.1. The van der Waals surface area contributed by atoms with Crippen LogP contribution in [0.25, 0.3) is 10.9 Å². The monoisotopic (exact) mass is 388 g/mol. The first-order chi connectivity index (χ1) is 13.7. The second-order valence-electron chi connectivity index (χ2n) is 6.43. The van der Waals surface area contributed by atoms with E-state index >= 15 is 0 Å². The maximum Gasteiger partial charge on any atom is 0.229 e. The molecule has 0 aliphatic heterocycles. The Morgan fingerprint density at radius 3 is 2.57 bits per heavy atom. The molecule has 0 amide bonds. The van der Waals surface area contributed by atoms with Gasteiger partial charge < -0.3 is 10.6 Å². The van der Waals surface area contributed by atoms with Crippen LogP contribution in [0.4, 0.5) is 17.5 Å². The van der Waals surface area contributed by atoms with E-state index in [-0.39, 0.29) is 5.78 Å². The smallest absolute Gasteiger partial charge is 0.229 e. The number of carbonyl (C=O) groups excluding carboxylic acids is 1. The second-order valence-corrected chi connectivity index (χ2v) is 7.46. The van der Waals surface area contributed by atoms with Gasteiger partial charge in [-0.2, -0.15) is 4.98 Å². The summed E-state index contributed by atoms with van der Waals surface area (Å²) in [6.07, 6.45) is 0.950. The van der Waals surface area contributed by atoms with E-state index in [2.05, 4.69) is 38.1 Å². The highest BCUT2D eigenvalue weighted by Crippen LogP contribution is 2.24. The molecule has 28 heavy (non-hydrogen) atoms. The molecule has 2 N–H and O–H groups in total. The highest BCUT2D eigenvalue weighted by molar-refractivity contribution is 7.09. The number of nitrogens with one attached hydrogen (secondary N) is 2. The fourth-order valence-corrected chi connectivity index (χ4v) is 3.65. The Hall–Kier alpha value is -3.25. The van der Waals surface area contributed by atoms with Crippen LogP contribution in [0.1, 0.15) is 22.2 Å². The fraction of sp³-hybridized carbons (Fsp3) is 0.136. The maximum absolute atomic E-state index is 11.4. The van der Waals surface area contributed by atoms with Crippen LogP contribution in [0.2, 0.25) is 0 Å². The number of nitrogens with zero attached hydrogens (tertiary/aromatic N) is 2. The summed E-state index contributed by atoms with van der Waals surface area (Å²) in [5.74, 6) is 1.38. The van der Waals surface area contributed by atoms with Gasteiger partial charge in [0.2, 0.25) is 5.95 Å². The summed E-state index contributed by atoms with van der Waals surface area (Å²) in [5, 5.41) is 9.77. The molecular formula is C22H20N4OS. The average Bonchev–Trinajstić information content (AvgIpc) is 3.22. The Morgan fingerprint density at radius 1 is 1.00 bits per heavy atom. The van der Waals surface area contributed by atoms with Crippen LogP contribution < -0.4 is 10.6 Å². The van der Waals surface area contributed by atoms with Crippen LogP contribution in [-0.2, 0) is 6.42 Å². The number of anilines is 3. The number of hydrogen-bond acceptors (Lipinski definition) is 6. The third-order valence-corrected chi connectivity index (χ3v) is 5.33. The molecule has 4 aromatic rings. The molecule has 0 atom stereocenters. The van der Waals surface area contributed by atoms with E-state index in [1.54, 1.807) is 30.4 Å². The lowest BCUT2D eigenvalue weighted by molar-refractivity contribution is 0.101. The first-order valence-corrected chi connectivity index (χ1v) is 9.98. The zero-order chi connectivity index (χ0) is 19.3. The van der Waals surface area contributed by atoms with Crippen molar-refractivity contribution in [2.45, 2.75) is 13.3 Å². The van der Waals surface area contributed by atoms with Crippen molar-refractivity contribution in [2.24, 2.45) is 0 Å². The van der Waals surface area contributed by atoms with Crippen LogP contribution in [-0.4, -0.2) is 22.3 Å². The molecule has 0 bridgehead atoms. The molecular weight excluding hydrogens is 368 g/mol. The molecule has 0 unspecified atom stereocenters. The Morgan fingerprint density at radius 2 is 1.82 bits per heavy atom. The van der Waals surface area contributed by atoms with Crippen LogP contribution in [0.15, 0.2) is 66.0 Å². The lowest BCUT2D eigenvalue weighted by Gasteiger charge is -2.12. The zero-order valence-electron chi connectivity index (χ0n) is 15.5. The molecule has 0 aliphatic rings. The molecule has 4 rings (SSSR count). The van der Waals surface area contributed by atoms with Crippen molar-refractivity contribution in [1.82, 2.24) is 9.97 Å². The minimum atomic E-state index is 0.0470. The SMILES string of the molecule is CC(=O)c1ccc(Nc2nc(NCCc3cccs3)c3ccccc3n2)cc1.